The van der Waals surface area contributed by atoms with Gasteiger partial charge in [0.25, 0.3) is 0 Å². The number of nitrogens with one attached hydrogen (secondary N) is 4. The Kier molecular flexibility index (Phi) is 80.8. The molecule has 0 aromatic heterocycles. The SMILES string of the molecule is C.CCCCCCC(CCCC)C(=O)NC.CCCCCCC(O)CCCCCCCCCCC(=O)NC.CCCCCCCC(O)C(O)CCCCCCCC(=O)NC.CNC(=O)CCCCCCCCCCCCCCCC(C)C. The molecular weight excluding hydrogens is 1020 g/mol. The van der Waals surface area contributed by atoms with Gasteiger partial charge in [0.15, 0.2) is 0 Å². The van der Waals surface area contributed by atoms with E-state index < -0.39 is 12.2 Å². The second kappa shape index (κ2) is 74.9. The van der Waals surface area contributed by atoms with Gasteiger partial charge >= 0.3 is 0 Å². The summed E-state index contributed by atoms with van der Waals surface area (Å²) >= 11 is 0. The summed E-state index contributed by atoms with van der Waals surface area (Å²) in [7, 11) is 6.82. The van der Waals surface area contributed by atoms with E-state index in [4.69, 9.17) is 0 Å². The summed E-state index contributed by atoms with van der Waals surface area (Å²) in [6.45, 7) is 13.4. The van der Waals surface area contributed by atoms with Gasteiger partial charge in [-0.1, -0.05) is 299 Å². The van der Waals surface area contributed by atoms with Gasteiger partial charge in [0, 0.05) is 53.4 Å². The van der Waals surface area contributed by atoms with Crippen LogP contribution in [0.5, 0.6) is 0 Å². The predicted octanol–water partition coefficient (Wildman–Crippen LogP) is 18.9. The molecule has 0 spiro atoms. The number of amides is 4. The van der Waals surface area contributed by atoms with E-state index in [9.17, 15) is 34.5 Å². The predicted molar refractivity (Wildman–Crippen MR) is 358 cm³/mol. The van der Waals surface area contributed by atoms with E-state index in [0.717, 1.165) is 95.8 Å². The van der Waals surface area contributed by atoms with Crippen LogP contribution in [-0.4, -0.2) is 85.5 Å². The maximum atomic E-state index is 11.6. The lowest BCUT2D eigenvalue weighted by Gasteiger charge is -2.17. The molecule has 7 N–H and O–H groups in total. The molecule has 11 heteroatoms. The molecular formula is C71H148N4O7. The molecule has 0 radical (unpaired) electrons. The van der Waals surface area contributed by atoms with Crippen LogP contribution in [0.1, 0.15) is 376 Å². The van der Waals surface area contributed by atoms with Gasteiger partial charge in [-0.05, 0) is 63.7 Å². The molecule has 0 aliphatic rings. The first-order chi connectivity index (χ1) is 39.2. The van der Waals surface area contributed by atoms with E-state index in [1.54, 1.807) is 28.2 Å². The fraction of sp³-hybridized carbons (Fsp3) is 0.944. The van der Waals surface area contributed by atoms with Crippen LogP contribution < -0.4 is 21.3 Å². The van der Waals surface area contributed by atoms with E-state index in [0.29, 0.717) is 25.7 Å². The third kappa shape index (κ3) is 75.8. The number of carbonyl (C=O) groups excluding carboxylic acids is 4. The Morgan fingerprint density at radius 2 is 0.524 bits per heavy atom. The monoisotopic (exact) mass is 1170 g/mol. The van der Waals surface area contributed by atoms with Crippen LogP contribution in [0.25, 0.3) is 0 Å². The average Bonchev–Trinajstić information content (AvgIpc) is 3.46. The van der Waals surface area contributed by atoms with Crippen LogP contribution in [0.15, 0.2) is 0 Å². The Hall–Kier alpha value is -2.24. The normalized spacial score (nSPS) is 12.3. The summed E-state index contributed by atoms with van der Waals surface area (Å²) in [5.41, 5.74) is 0. The first-order valence-corrected chi connectivity index (χ1v) is 35.1. The van der Waals surface area contributed by atoms with Crippen LogP contribution >= 0.6 is 0 Å². The minimum absolute atomic E-state index is 0. The van der Waals surface area contributed by atoms with Gasteiger partial charge in [-0.25, -0.2) is 0 Å². The van der Waals surface area contributed by atoms with Crippen molar-refractivity contribution in [3.8, 4) is 0 Å². The van der Waals surface area contributed by atoms with Gasteiger partial charge in [0.05, 0.1) is 18.3 Å². The molecule has 0 saturated carbocycles. The van der Waals surface area contributed by atoms with Gasteiger partial charge < -0.3 is 36.6 Å². The van der Waals surface area contributed by atoms with Crippen LogP contribution in [0.2, 0.25) is 0 Å². The molecule has 0 heterocycles. The van der Waals surface area contributed by atoms with Gasteiger partial charge in [0.2, 0.25) is 23.6 Å². The minimum Gasteiger partial charge on any atom is -0.393 e. The number of unbranched alkanes of at least 4 members (excludes halogenated alkanes) is 34. The summed E-state index contributed by atoms with van der Waals surface area (Å²) in [6.07, 6.45) is 58.6. The van der Waals surface area contributed by atoms with E-state index >= 15 is 0 Å². The van der Waals surface area contributed by atoms with Crippen molar-refractivity contribution in [2.75, 3.05) is 28.2 Å². The highest BCUT2D eigenvalue weighted by molar-refractivity contribution is 5.78. The van der Waals surface area contributed by atoms with Crippen LogP contribution in [0.4, 0.5) is 0 Å². The highest BCUT2D eigenvalue weighted by atomic mass is 16.3. The molecule has 0 aliphatic carbocycles. The Morgan fingerprint density at radius 3 is 0.805 bits per heavy atom. The summed E-state index contributed by atoms with van der Waals surface area (Å²) in [4.78, 5) is 44.7. The quantitative estimate of drug-likeness (QED) is 0.0296. The Labute approximate surface area is 512 Å². The molecule has 0 fully saturated rings. The smallest absolute Gasteiger partial charge is 0.222 e. The summed E-state index contributed by atoms with van der Waals surface area (Å²) in [6, 6.07) is 0. The Bertz CT molecular complexity index is 1270. The second-order valence-electron chi connectivity index (χ2n) is 24.4. The van der Waals surface area contributed by atoms with Crippen molar-refractivity contribution in [1.29, 1.82) is 0 Å². The van der Waals surface area contributed by atoms with Crippen LogP contribution in [0, 0.1) is 11.8 Å². The van der Waals surface area contributed by atoms with Crippen molar-refractivity contribution in [3.63, 3.8) is 0 Å². The van der Waals surface area contributed by atoms with Gasteiger partial charge in [-0.15, -0.1) is 0 Å². The van der Waals surface area contributed by atoms with Crippen molar-refractivity contribution in [1.82, 2.24) is 21.3 Å². The molecule has 11 nitrogen and oxygen atoms in total. The number of hydrogen-bond donors (Lipinski definition) is 7. The highest BCUT2D eigenvalue weighted by Gasteiger charge is 2.16. The molecule has 4 unspecified atom stereocenters. The van der Waals surface area contributed by atoms with E-state index in [2.05, 4.69) is 62.8 Å². The molecule has 0 bridgehead atoms. The first kappa shape index (κ1) is 88.5. The maximum absolute atomic E-state index is 11.6. The largest absolute Gasteiger partial charge is 0.393 e. The van der Waals surface area contributed by atoms with Gasteiger partial charge in [-0.2, -0.15) is 0 Å². The van der Waals surface area contributed by atoms with Crippen LogP contribution in [0.3, 0.4) is 0 Å². The number of aliphatic hydroxyl groups excluding tert-OH is 3. The summed E-state index contributed by atoms with van der Waals surface area (Å²) in [5.74, 6) is 1.82. The molecule has 4 amide bonds. The second-order valence-corrected chi connectivity index (χ2v) is 24.4. The number of hydrogen-bond acceptors (Lipinski definition) is 7. The molecule has 4 atom stereocenters. The molecule has 0 aromatic carbocycles. The highest BCUT2D eigenvalue weighted by Crippen LogP contribution is 2.20. The Morgan fingerprint density at radius 1 is 0.293 bits per heavy atom. The number of aliphatic hydroxyl groups is 3. The maximum Gasteiger partial charge on any atom is 0.222 e. The molecule has 494 valence electrons. The molecule has 0 saturated heterocycles. The zero-order chi connectivity index (χ0) is 61.1. The Balaban J connectivity index is -0.000000323. The lowest BCUT2D eigenvalue weighted by atomic mass is 9.94. The van der Waals surface area contributed by atoms with Crippen molar-refractivity contribution in [2.24, 2.45) is 11.8 Å². The molecule has 0 rings (SSSR count). The topological polar surface area (TPSA) is 177 Å². The molecule has 0 aliphatic heterocycles. The van der Waals surface area contributed by atoms with Gasteiger partial charge in [-0.3, -0.25) is 19.2 Å². The van der Waals surface area contributed by atoms with Crippen molar-refractivity contribution in [3.05, 3.63) is 0 Å². The zero-order valence-electron chi connectivity index (χ0n) is 55.9. The molecule has 82 heavy (non-hydrogen) atoms. The fourth-order valence-corrected chi connectivity index (χ4v) is 10.2. The third-order valence-corrected chi connectivity index (χ3v) is 16.0. The number of rotatable bonds is 56. The fourth-order valence-electron chi connectivity index (χ4n) is 10.2. The standard InChI is InChI=1S/C20H41NO.C19H39NO2.C18H37NO3.C13H27NO.CH4/c1-19(2)17-15-13-11-9-7-5-4-6-8-10-12-14-16-18-20(22)21-3;1-3-4-5-12-15-18(21)16-13-10-8-6-7-9-11-14-17-19(22)20-2;1-3-4-5-7-10-13-16(20)17(21)14-11-8-6-9-12-15-18(22)19-2;1-4-6-8-9-11-12(10-7-5-2)13(15)14-3;/h19H,4-18H2,1-3H3,(H,21,22);18,21H,3-17H2,1-2H3,(H,20,22);16-17,20-21H,3-15H2,1-2H3,(H,19,22);12H,4-11H2,1-3H3,(H,14,15);1H4. The van der Waals surface area contributed by atoms with Crippen LogP contribution in [-0.2, 0) is 19.2 Å². The average molecular weight is 1170 g/mol. The summed E-state index contributed by atoms with van der Waals surface area (Å²) < 4.78 is 0. The van der Waals surface area contributed by atoms with E-state index in [1.165, 1.54) is 212 Å². The van der Waals surface area contributed by atoms with Crippen molar-refractivity contribution in [2.45, 2.75) is 395 Å². The molecule has 0 aromatic rings. The van der Waals surface area contributed by atoms with E-state index in [-0.39, 0.29) is 43.1 Å². The van der Waals surface area contributed by atoms with E-state index in [1.807, 2.05) is 0 Å². The minimum atomic E-state index is -0.572. The van der Waals surface area contributed by atoms with Gasteiger partial charge in [0.1, 0.15) is 0 Å². The lowest BCUT2D eigenvalue weighted by molar-refractivity contribution is -0.125. The lowest BCUT2D eigenvalue weighted by Crippen LogP contribution is -2.27. The van der Waals surface area contributed by atoms with Crippen molar-refractivity contribution >= 4 is 23.6 Å². The third-order valence-electron chi connectivity index (χ3n) is 16.0. The zero-order valence-corrected chi connectivity index (χ0v) is 55.9. The number of carbonyl (C=O) groups is 4. The first-order valence-electron chi connectivity index (χ1n) is 35.1. The summed E-state index contributed by atoms with van der Waals surface area (Å²) in [5, 5.41) is 40.4. The van der Waals surface area contributed by atoms with Crippen molar-refractivity contribution < 1.29 is 34.5 Å².